The predicted molar refractivity (Wildman–Crippen MR) is 415 cm³/mol. The Labute approximate surface area is 611 Å². The second-order valence-corrected chi connectivity index (χ2v) is 32.3. The van der Waals surface area contributed by atoms with Crippen molar-refractivity contribution in [3.63, 3.8) is 0 Å². The van der Waals surface area contributed by atoms with Gasteiger partial charge in [0.1, 0.15) is 57.5 Å². The fourth-order valence-corrected chi connectivity index (χ4v) is 23.9. The monoisotopic (exact) mass is 1420 g/mol. The van der Waals surface area contributed by atoms with Gasteiger partial charge in [0.2, 0.25) is 0 Å². The van der Waals surface area contributed by atoms with E-state index >= 15 is 0 Å². The first kappa shape index (κ1) is 62.9. The SMILES string of the molecule is Cc1cc(C)cc(C2(c3cc(C)cc(C)c3)c3cc(-c4ccc(/C=C5\C(=O)c6ccccc6C5=C(C#N)C#N)c5nsnc45)sc3-c3sc4c5c(sc4c32)-c2sc(-c3ccc(/C=C4\C(=O)c6ccccc6C4=C(C#N)C#N)c4nsnc34)cc2C5(c2cc(C)cc(C)c2)c2cc(C)cc(C)c2)c1. The highest BCUT2D eigenvalue weighted by Crippen LogP contribution is 2.71. The summed E-state index contributed by atoms with van der Waals surface area (Å²) in [5.41, 5.74) is 26.1. The number of aromatic nitrogens is 4. The topological polar surface area (TPSA) is 181 Å². The summed E-state index contributed by atoms with van der Waals surface area (Å²) in [6.07, 6.45) is 3.54. The van der Waals surface area contributed by atoms with E-state index in [4.69, 9.17) is 17.5 Å². The fraction of sp³-hybridized carbons (Fsp3) is 0.116. The van der Waals surface area contributed by atoms with E-state index in [1.807, 2.05) is 46.9 Å². The number of carbonyl (C=O) groups is 2. The molecule has 0 amide bonds. The number of allylic oxidation sites excluding steroid dienone is 6. The van der Waals surface area contributed by atoms with Crippen molar-refractivity contribution in [2.75, 3.05) is 0 Å². The number of nitriles is 4. The molecule has 0 aliphatic heterocycles. The van der Waals surface area contributed by atoms with Gasteiger partial charge in [0, 0.05) is 76.6 Å². The van der Waals surface area contributed by atoms with Crippen LogP contribution < -0.4 is 0 Å². The first-order chi connectivity index (χ1) is 49.4. The number of nitrogens with zero attached hydrogens (tertiary/aromatic N) is 8. The molecule has 0 N–H and O–H groups in total. The molecule has 8 aromatic carbocycles. The zero-order valence-corrected chi connectivity index (χ0v) is 60.9. The summed E-state index contributed by atoms with van der Waals surface area (Å²) in [7, 11) is 0. The van der Waals surface area contributed by atoms with E-state index < -0.39 is 10.8 Å². The van der Waals surface area contributed by atoms with Crippen molar-refractivity contribution in [2.24, 2.45) is 0 Å². The summed E-state index contributed by atoms with van der Waals surface area (Å²) in [5.74, 6) is -0.513. The van der Waals surface area contributed by atoms with E-state index in [0.717, 1.165) is 88.8 Å². The third-order valence-corrected chi connectivity index (χ3v) is 26.7. The molecule has 0 atom stereocenters. The smallest absolute Gasteiger partial charge is 0.194 e. The lowest BCUT2D eigenvalue weighted by Gasteiger charge is -2.35. The van der Waals surface area contributed by atoms with Crippen LogP contribution >= 0.6 is 68.8 Å². The minimum absolute atomic E-state index is 0.127. The van der Waals surface area contributed by atoms with Crippen LogP contribution in [0.5, 0.6) is 0 Å². The zero-order valence-electron chi connectivity index (χ0n) is 56.0. The molecule has 6 aromatic heterocycles. The van der Waals surface area contributed by atoms with E-state index in [2.05, 4.69) is 177 Å². The molecule has 16 heteroatoms. The number of Topliss-reactive ketones (excluding diaryl/α,β-unsaturated/α-hetero) is 2. The molecule has 0 saturated heterocycles. The Kier molecular flexibility index (Phi) is 14.3. The Morgan fingerprint density at radius 3 is 1.00 bits per heavy atom. The largest absolute Gasteiger partial charge is 0.289 e. The molecule has 6 heterocycles. The first-order valence-electron chi connectivity index (χ1n) is 33.0. The summed E-state index contributed by atoms with van der Waals surface area (Å²) >= 11 is 9.62. The highest BCUT2D eigenvalue weighted by Gasteiger charge is 2.56. The third kappa shape index (κ3) is 8.92. The van der Waals surface area contributed by atoms with Gasteiger partial charge in [-0.1, -0.05) is 190 Å². The Balaban J connectivity index is 0.891. The number of rotatable bonds is 8. The Morgan fingerprint density at radius 2 is 0.676 bits per heavy atom. The number of aryl methyl sites for hydroxylation is 8. The van der Waals surface area contributed by atoms with Crippen molar-refractivity contribution >= 4 is 135 Å². The average molecular weight is 1420 g/mol. The number of hydrogen-bond donors (Lipinski definition) is 0. The van der Waals surface area contributed by atoms with Crippen LogP contribution in [0.1, 0.15) is 132 Å². The molecule has 10 nitrogen and oxygen atoms in total. The molecular formula is C86H52N8O2S6. The van der Waals surface area contributed by atoms with Crippen molar-refractivity contribution in [1.29, 1.82) is 21.0 Å². The lowest BCUT2D eigenvalue weighted by Crippen LogP contribution is -2.29. The highest BCUT2D eigenvalue weighted by molar-refractivity contribution is 7.35. The minimum Gasteiger partial charge on any atom is -0.289 e. The molecule has 0 unspecified atom stereocenters. The molecule has 4 aliphatic rings. The van der Waals surface area contributed by atoms with Gasteiger partial charge in [0.25, 0.3) is 0 Å². The molecule has 0 fully saturated rings. The van der Waals surface area contributed by atoms with Crippen molar-refractivity contribution in [1.82, 2.24) is 17.5 Å². The molecular weight excluding hydrogens is 1370 g/mol. The highest BCUT2D eigenvalue weighted by atomic mass is 32.1. The molecule has 102 heavy (non-hydrogen) atoms. The molecule has 484 valence electrons. The molecule has 0 saturated carbocycles. The predicted octanol–water partition coefficient (Wildman–Crippen LogP) is 21.8. The van der Waals surface area contributed by atoms with Crippen LogP contribution in [0.4, 0.5) is 0 Å². The standard InChI is InChI=1S/C86H52N8O2S6/c1-41-21-42(2)26-53(25-41)85(54-27-43(3)22-44(4)28-54)65-35-67(61-19-17-49(73-75(61)93-101-91-73)33-63-69(51(37-87)38-88)57-13-9-11-15-59(57)77(63)95)97-79(65)81-71(85)83-84(99-81)72-82(100-83)80-66(86(72,55-29-45(5)23-46(6)30-55)56-31-47(7)24-48(8)32-56)36-68(98-80)62-20-18-50(74-76(62)94-102-92-74)34-64-70(52(39-89)40-90)58-14-10-12-16-60(58)78(64)96/h9-36H,1-8H3/b63-33-,64-34-. The molecule has 0 bridgehead atoms. The second-order valence-electron chi connectivity index (χ2n) is 27.1. The average Bonchev–Trinajstić information content (AvgIpc) is 1.48. The molecule has 14 aromatic rings. The molecule has 0 radical (unpaired) electrons. The van der Waals surface area contributed by atoms with E-state index in [-0.39, 0.29) is 33.9 Å². The van der Waals surface area contributed by atoms with E-state index in [1.165, 1.54) is 73.4 Å². The minimum atomic E-state index is -0.827. The van der Waals surface area contributed by atoms with Gasteiger partial charge in [-0.15, -0.1) is 45.3 Å². The van der Waals surface area contributed by atoms with Gasteiger partial charge in [-0.05, 0) is 124 Å². The van der Waals surface area contributed by atoms with E-state index in [0.29, 0.717) is 66.6 Å². The van der Waals surface area contributed by atoms with Gasteiger partial charge in [-0.3, -0.25) is 9.59 Å². The number of carbonyl (C=O) groups excluding carboxylic acids is 2. The summed E-state index contributed by atoms with van der Waals surface area (Å²) < 4.78 is 22.4. The number of fused-ring (bicyclic) bond motifs is 13. The maximum atomic E-state index is 14.3. The van der Waals surface area contributed by atoms with Gasteiger partial charge < -0.3 is 0 Å². The van der Waals surface area contributed by atoms with Crippen LogP contribution in [-0.2, 0) is 10.8 Å². The van der Waals surface area contributed by atoms with Gasteiger partial charge in [-0.25, -0.2) is 0 Å². The Morgan fingerprint density at radius 1 is 0.363 bits per heavy atom. The van der Waals surface area contributed by atoms with Crippen LogP contribution in [0.2, 0.25) is 0 Å². The van der Waals surface area contributed by atoms with E-state index in [1.54, 1.807) is 71.2 Å². The summed E-state index contributed by atoms with van der Waals surface area (Å²) in [6.45, 7) is 17.6. The van der Waals surface area contributed by atoms with Crippen LogP contribution in [-0.4, -0.2) is 29.1 Å². The summed E-state index contributed by atoms with van der Waals surface area (Å²) in [4.78, 5) is 35.5. The van der Waals surface area contributed by atoms with Gasteiger partial charge >= 0.3 is 0 Å². The first-order valence-corrected chi connectivity index (χ1v) is 37.8. The van der Waals surface area contributed by atoms with Crippen molar-refractivity contribution in [3.8, 4) is 64.7 Å². The second kappa shape index (κ2) is 23.1. The van der Waals surface area contributed by atoms with Crippen molar-refractivity contribution < 1.29 is 9.59 Å². The number of hydrogen-bond acceptors (Lipinski definition) is 16. The van der Waals surface area contributed by atoms with Gasteiger partial charge in [-0.2, -0.15) is 38.5 Å². The quantitative estimate of drug-likeness (QED) is 0.105. The number of ketones is 2. The zero-order chi connectivity index (χ0) is 70.1. The molecule has 0 spiro atoms. The van der Waals surface area contributed by atoms with Crippen LogP contribution in [0.3, 0.4) is 0 Å². The number of thiophene rings is 4. The summed E-state index contributed by atoms with van der Waals surface area (Å²) in [6, 6.07) is 63.7. The maximum Gasteiger partial charge on any atom is 0.194 e. The van der Waals surface area contributed by atoms with Crippen molar-refractivity contribution in [3.05, 3.63) is 302 Å². The normalized spacial score (nSPS) is 15.0. The third-order valence-electron chi connectivity index (χ3n) is 20.5. The molecule has 18 rings (SSSR count). The van der Waals surface area contributed by atoms with E-state index in [9.17, 15) is 30.6 Å². The van der Waals surface area contributed by atoms with Crippen LogP contribution in [0.15, 0.2) is 180 Å². The Hall–Kier alpha value is -11.3. The number of benzene rings is 8. The van der Waals surface area contributed by atoms with Crippen molar-refractivity contribution in [2.45, 2.75) is 66.2 Å². The maximum absolute atomic E-state index is 14.3. The fourth-order valence-electron chi connectivity index (χ4n) is 16.9. The van der Waals surface area contributed by atoms with Crippen LogP contribution in [0, 0.1) is 101 Å². The Bertz CT molecular complexity index is 5940. The lowest BCUT2D eigenvalue weighted by atomic mass is 9.66. The van der Waals surface area contributed by atoms with Gasteiger partial charge in [0.05, 0.1) is 63.2 Å². The summed E-state index contributed by atoms with van der Waals surface area (Å²) in [5, 5.41) is 40.9. The van der Waals surface area contributed by atoms with Crippen LogP contribution in [0.25, 0.3) is 95.2 Å². The molecule has 4 aliphatic carbocycles. The lowest BCUT2D eigenvalue weighted by molar-refractivity contribution is 0.103. The van der Waals surface area contributed by atoms with Gasteiger partial charge in [0.15, 0.2) is 11.6 Å².